The van der Waals surface area contributed by atoms with Gasteiger partial charge in [0, 0.05) is 44.8 Å². The zero-order valence-corrected chi connectivity index (χ0v) is 18.2. The summed E-state index contributed by atoms with van der Waals surface area (Å²) in [5.74, 6) is -0.0126. The van der Waals surface area contributed by atoms with Crippen LogP contribution in [0.5, 0.6) is 0 Å². The molecule has 0 spiro atoms. The van der Waals surface area contributed by atoms with E-state index in [1.807, 2.05) is 47.1 Å². The van der Waals surface area contributed by atoms with E-state index in [0.29, 0.717) is 26.1 Å². The Morgan fingerprint density at radius 1 is 0.967 bits per heavy atom. The molecule has 0 radical (unpaired) electrons. The Kier molecular flexibility index (Phi) is 5.80. The van der Waals surface area contributed by atoms with Crippen molar-refractivity contribution in [2.24, 2.45) is 5.92 Å². The highest BCUT2D eigenvalue weighted by atomic mass is 16.2. The number of carbonyl (C=O) groups is 2. The van der Waals surface area contributed by atoms with Crippen LogP contribution in [0.3, 0.4) is 0 Å². The van der Waals surface area contributed by atoms with E-state index in [1.165, 1.54) is 16.8 Å². The molecule has 0 unspecified atom stereocenters. The molecule has 2 aromatic carbocycles. The van der Waals surface area contributed by atoms with Gasteiger partial charge in [-0.25, -0.2) is 0 Å². The average molecular weight is 406 g/mol. The van der Waals surface area contributed by atoms with Crippen LogP contribution in [0.1, 0.15) is 36.1 Å². The fourth-order valence-electron chi connectivity index (χ4n) is 4.69. The maximum Gasteiger partial charge on any atom is 0.228 e. The molecule has 2 heterocycles. The first-order valence-electron chi connectivity index (χ1n) is 10.9. The minimum absolute atomic E-state index is 0.00218. The molecule has 158 valence electrons. The summed E-state index contributed by atoms with van der Waals surface area (Å²) in [7, 11) is 0. The monoisotopic (exact) mass is 405 g/mol. The quantitative estimate of drug-likeness (QED) is 0.781. The van der Waals surface area contributed by atoms with Crippen LogP contribution in [0.15, 0.2) is 48.5 Å². The molecule has 0 N–H and O–H groups in total. The second-order valence-electron chi connectivity index (χ2n) is 8.57. The van der Waals surface area contributed by atoms with Gasteiger partial charge < -0.3 is 14.7 Å². The number of amides is 2. The molecular formula is C25H31N3O2. The molecule has 2 aliphatic heterocycles. The van der Waals surface area contributed by atoms with Crippen LogP contribution in [-0.2, 0) is 9.59 Å². The lowest BCUT2D eigenvalue weighted by Gasteiger charge is -2.38. The Hall–Kier alpha value is -2.82. The standard InChI is InChI=1S/C25H31N3O2/c1-18-8-7-11-23(19(18)2)26-12-14-27(15-13-26)25(30)22-16-24(29)28(17-22)20(3)21-9-5-4-6-10-21/h4-11,20,22H,12-17H2,1-3H3/t20-,22+/m0/s1. The topological polar surface area (TPSA) is 43.9 Å². The normalized spacial score (nSPS) is 20.6. The van der Waals surface area contributed by atoms with Crippen molar-refractivity contribution < 1.29 is 9.59 Å². The summed E-state index contributed by atoms with van der Waals surface area (Å²) in [6.45, 7) is 9.96. The minimum Gasteiger partial charge on any atom is -0.368 e. The van der Waals surface area contributed by atoms with E-state index in [0.717, 1.165) is 18.7 Å². The third-order valence-electron chi connectivity index (χ3n) is 6.77. The van der Waals surface area contributed by atoms with Crippen molar-refractivity contribution in [3.63, 3.8) is 0 Å². The molecule has 5 nitrogen and oxygen atoms in total. The highest BCUT2D eigenvalue weighted by Crippen LogP contribution is 2.30. The first-order valence-corrected chi connectivity index (χ1v) is 10.9. The van der Waals surface area contributed by atoms with E-state index in [1.54, 1.807) is 0 Å². The van der Waals surface area contributed by atoms with Crippen LogP contribution in [-0.4, -0.2) is 54.3 Å². The number of hydrogen-bond donors (Lipinski definition) is 0. The second-order valence-corrected chi connectivity index (χ2v) is 8.57. The molecule has 0 aromatic heterocycles. The van der Waals surface area contributed by atoms with Crippen molar-refractivity contribution in [3.05, 3.63) is 65.2 Å². The zero-order valence-electron chi connectivity index (χ0n) is 18.2. The van der Waals surface area contributed by atoms with Gasteiger partial charge in [0.05, 0.1) is 12.0 Å². The van der Waals surface area contributed by atoms with Crippen molar-refractivity contribution in [1.82, 2.24) is 9.80 Å². The van der Waals surface area contributed by atoms with Gasteiger partial charge in [0.25, 0.3) is 0 Å². The van der Waals surface area contributed by atoms with Gasteiger partial charge in [-0.15, -0.1) is 0 Å². The van der Waals surface area contributed by atoms with Crippen molar-refractivity contribution >= 4 is 17.5 Å². The predicted molar refractivity (Wildman–Crippen MR) is 119 cm³/mol. The summed E-state index contributed by atoms with van der Waals surface area (Å²) >= 11 is 0. The Bertz CT molecular complexity index is 919. The first kappa shape index (κ1) is 20.5. The first-order chi connectivity index (χ1) is 14.5. The van der Waals surface area contributed by atoms with Gasteiger partial charge in [0.2, 0.25) is 11.8 Å². The average Bonchev–Trinajstić information content (AvgIpc) is 3.17. The van der Waals surface area contributed by atoms with Crippen LogP contribution in [0.25, 0.3) is 0 Å². The SMILES string of the molecule is Cc1cccc(N2CCN(C(=O)[C@@H]3CC(=O)N([C@@H](C)c4ccccc4)C3)CC2)c1C. The summed E-state index contributed by atoms with van der Waals surface area (Å²) in [5.41, 5.74) is 4.98. The largest absolute Gasteiger partial charge is 0.368 e. The van der Waals surface area contributed by atoms with Crippen LogP contribution >= 0.6 is 0 Å². The van der Waals surface area contributed by atoms with E-state index >= 15 is 0 Å². The third kappa shape index (κ3) is 3.93. The molecule has 2 aromatic rings. The summed E-state index contributed by atoms with van der Waals surface area (Å²) in [6.07, 6.45) is 0.327. The smallest absolute Gasteiger partial charge is 0.228 e. The Morgan fingerprint density at radius 3 is 2.37 bits per heavy atom. The van der Waals surface area contributed by atoms with E-state index in [4.69, 9.17) is 0 Å². The zero-order chi connectivity index (χ0) is 21.3. The Morgan fingerprint density at radius 2 is 1.67 bits per heavy atom. The van der Waals surface area contributed by atoms with Gasteiger partial charge in [-0.05, 0) is 43.5 Å². The van der Waals surface area contributed by atoms with Crippen LogP contribution in [0, 0.1) is 19.8 Å². The molecule has 0 aliphatic carbocycles. The molecule has 2 fully saturated rings. The maximum atomic E-state index is 13.1. The van der Waals surface area contributed by atoms with Crippen molar-refractivity contribution in [2.45, 2.75) is 33.2 Å². The molecule has 2 aliphatic rings. The number of aryl methyl sites for hydroxylation is 1. The summed E-state index contributed by atoms with van der Waals surface area (Å²) in [6, 6.07) is 16.4. The third-order valence-corrected chi connectivity index (χ3v) is 6.77. The molecule has 0 saturated carbocycles. The fourth-order valence-corrected chi connectivity index (χ4v) is 4.69. The Labute approximate surface area is 179 Å². The van der Waals surface area contributed by atoms with Crippen LogP contribution in [0.2, 0.25) is 0 Å². The molecular weight excluding hydrogens is 374 g/mol. The number of carbonyl (C=O) groups excluding carboxylic acids is 2. The number of rotatable bonds is 4. The van der Waals surface area contributed by atoms with Gasteiger partial charge in [-0.1, -0.05) is 42.5 Å². The van der Waals surface area contributed by atoms with Crippen LogP contribution in [0.4, 0.5) is 5.69 Å². The number of likely N-dealkylation sites (tertiary alicyclic amines) is 1. The molecule has 0 bridgehead atoms. The highest BCUT2D eigenvalue weighted by molar-refractivity contribution is 5.89. The number of nitrogens with zero attached hydrogens (tertiary/aromatic N) is 3. The van der Waals surface area contributed by atoms with Crippen molar-refractivity contribution in [2.75, 3.05) is 37.6 Å². The summed E-state index contributed by atoms with van der Waals surface area (Å²) in [4.78, 5) is 32.0. The van der Waals surface area contributed by atoms with Gasteiger partial charge >= 0.3 is 0 Å². The molecule has 2 amide bonds. The number of piperazine rings is 1. The predicted octanol–water partition coefficient (Wildman–Crippen LogP) is 3.56. The number of hydrogen-bond acceptors (Lipinski definition) is 3. The van der Waals surface area contributed by atoms with Gasteiger partial charge in [0.1, 0.15) is 0 Å². The van der Waals surface area contributed by atoms with Gasteiger partial charge in [0.15, 0.2) is 0 Å². The number of benzene rings is 2. The maximum absolute atomic E-state index is 13.1. The van der Waals surface area contributed by atoms with Crippen molar-refractivity contribution in [3.8, 4) is 0 Å². The summed E-state index contributed by atoms with van der Waals surface area (Å²) < 4.78 is 0. The van der Waals surface area contributed by atoms with Crippen LogP contribution < -0.4 is 4.90 Å². The highest BCUT2D eigenvalue weighted by Gasteiger charge is 2.39. The molecule has 30 heavy (non-hydrogen) atoms. The lowest BCUT2D eigenvalue weighted by Crippen LogP contribution is -2.51. The fraction of sp³-hybridized carbons (Fsp3) is 0.440. The molecule has 5 heteroatoms. The lowest BCUT2D eigenvalue weighted by molar-refractivity contribution is -0.136. The van der Waals surface area contributed by atoms with Gasteiger partial charge in [-0.3, -0.25) is 9.59 Å². The van der Waals surface area contributed by atoms with E-state index in [-0.39, 0.29) is 23.8 Å². The molecule has 2 saturated heterocycles. The summed E-state index contributed by atoms with van der Waals surface area (Å²) in [5, 5.41) is 0. The van der Waals surface area contributed by atoms with E-state index in [9.17, 15) is 9.59 Å². The minimum atomic E-state index is -0.226. The van der Waals surface area contributed by atoms with E-state index in [2.05, 4.69) is 36.9 Å². The second kappa shape index (κ2) is 8.50. The molecule has 2 atom stereocenters. The number of anilines is 1. The van der Waals surface area contributed by atoms with E-state index < -0.39 is 0 Å². The molecule has 4 rings (SSSR count). The van der Waals surface area contributed by atoms with Crippen molar-refractivity contribution in [1.29, 1.82) is 0 Å². The Balaban J connectivity index is 1.37. The lowest BCUT2D eigenvalue weighted by atomic mass is 10.0. The van der Waals surface area contributed by atoms with Gasteiger partial charge in [-0.2, -0.15) is 0 Å².